The molecule has 2 aliphatic rings. The van der Waals surface area contributed by atoms with Crippen LogP contribution in [-0.4, -0.2) is 46.4 Å². The molecule has 0 aromatic carbocycles. The van der Waals surface area contributed by atoms with Gasteiger partial charge >= 0.3 is 12.1 Å². The van der Waals surface area contributed by atoms with Crippen LogP contribution in [0.3, 0.4) is 0 Å². The molecule has 1 saturated carbocycles. The van der Waals surface area contributed by atoms with E-state index in [1.165, 1.54) is 10.4 Å². The molecule has 0 unspecified atom stereocenters. The van der Waals surface area contributed by atoms with Crippen molar-refractivity contribution in [2.24, 2.45) is 0 Å². The highest BCUT2D eigenvalue weighted by atomic mass is 32.1. The van der Waals surface area contributed by atoms with Crippen LogP contribution < -0.4 is 10.1 Å². The number of thiophene rings is 1. The monoisotopic (exact) mass is 489 g/mol. The Morgan fingerprint density at radius 1 is 1.15 bits per heavy atom. The summed E-state index contributed by atoms with van der Waals surface area (Å²) in [7, 11) is 0. The number of aromatic nitrogens is 2. The van der Waals surface area contributed by atoms with Crippen molar-refractivity contribution in [3.63, 3.8) is 0 Å². The molecule has 0 saturated heterocycles. The van der Waals surface area contributed by atoms with Gasteiger partial charge in [-0.3, -0.25) is 4.79 Å². The number of ether oxygens (including phenoxy) is 3. The molecule has 9 heteroatoms. The highest BCUT2D eigenvalue weighted by Crippen LogP contribution is 2.46. The number of carbonyl (C=O) groups is 2. The Balaban J connectivity index is 1.45. The molecule has 186 valence electrons. The van der Waals surface area contributed by atoms with Crippen LogP contribution in [0.1, 0.15) is 89.0 Å². The van der Waals surface area contributed by atoms with Crippen LogP contribution in [0.4, 0.5) is 4.79 Å². The van der Waals surface area contributed by atoms with E-state index in [0.29, 0.717) is 18.9 Å². The van der Waals surface area contributed by atoms with Gasteiger partial charge in [0.15, 0.2) is 0 Å². The smallest absolute Gasteiger partial charge is 0.407 e. The van der Waals surface area contributed by atoms with Gasteiger partial charge in [-0.15, -0.1) is 11.3 Å². The first kappa shape index (κ1) is 24.7. The lowest BCUT2D eigenvalue weighted by Gasteiger charge is -2.30. The lowest BCUT2D eigenvalue weighted by atomic mass is 9.84. The van der Waals surface area contributed by atoms with Gasteiger partial charge in [-0.1, -0.05) is 0 Å². The van der Waals surface area contributed by atoms with E-state index in [-0.39, 0.29) is 30.1 Å². The molecular weight excluding hydrogens is 454 g/mol. The third-order valence-corrected chi connectivity index (χ3v) is 7.50. The van der Waals surface area contributed by atoms with Gasteiger partial charge in [0, 0.05) is 10.9 Å². The quantitative estimate of drug-likeness (QED) is 0.551. The number of fused-ring (bicyclic) bond motifs is 3. The van der Waals surface area contributed by atoms with Crippen molar-refractivity contribution >= 4 is 33.6 Å². The maximum Gasteiger partial charge on any atom is 0.407 e. The number of hydrogen-bond donors (Lipinski definition) is 1. The number of hydrogen-bond acceptors (Lipinski definition) is 8. The van der Waals surface area contributed by atoms with Crippen molar-refractivity contribution in [2.45, 2.75) is 103 Å². The van der Waals surface area contributed by atoms with Crippen LogP contribution in [0.2, 0.25) is 0 Å². The van der Waals surface area contributed by atoms with Crippen LogP contribution in [0, 0.1) is 0 Å². The largest absolute Gasteiger partial charge is 0.474 e. The van der Waals surface area contributed by atoms with Gasteiger partial charge in [0.1, 0.15) is 22.9 Å². The highest BCUT2D eigenvalue weighted by Gasteiger charge is 2.31. The van der Waals surface area contributed by atoms with Crippen LogP contribution in [0.25, 0.3) is 10.2 Å². The van der Waals surface area contributed by atoms with Crippen molar-refractivity contribution in [1.82, 2.24) is 15.3 Å². The first-order valence-corrected chi connectivity index (χ1v) is 13.1. The topological polar surface area (TPSA) is 99.6 Å². The minimum Gasteiger partial charge on any atom is -0.474 e. The third kappa shape index (κ3) is 5.98. The number of aryl methyl sites for hydroxylation is 1. The van der Waals surface area contributed by atoms with E-state index >= 15 is 0 Å². The molecule has 2 aromatic heterocycles. The van der Waals surface area contributed by atoms with E-state index in [1.54, 1.807) is 17.7 Å². The summed E-state index contributed by atoms with van der Waals surface area (Å²) in [5, 5.41) is 3.94. The highest BCUT2D eigenvalue weighted by molar-refractivity contribution is 7.18. The van der Waals surface area contributed by atoms with E-state index < -0.39 is 5.60 Å². The molecule has 1 amide bonds. The minimum atomic E-state index is -0.506. The van der Waals surface area contributed by atoms with E-state index in [9.17, 15) is 9.59 Å². The second kappa shape index (κ2) is 10.5. The van der Waals surface area contributed by atoms with Crippen molar-refractivity contribution in [2.75, 3.05) is 6.61 Å². The Hall–Kier alpha value is -2.42. The predicted octanol–water partition coefficient (Wildman–Crippen LogP) is 5.28. The Kier molecular flexibility index (Phi) is 7.60. The second-order valence-electron chi connectivity index (χ2n) is 10.1. The summed E-state index contributed by atoms with van der Waals surface area (Å²) in [6, 6.07) is 0.0861. The molecule has 2 aromatic rings. The molecule has 1 atom stereocenters. The molecule has 1 fully saturated rings. The molecule has 0 radical (unpaired) electrons. The molecule has 8 nitrogen and oxygen atoms in total. The molecule has 4 rings (SSSR count). The number of nitrogens with zero attached hydrogens (tertiary/aromatic N) is 2. The maximum atomic E-state index is 12.2. The lowest BCUT2D eigenvalue weighted by molar-refractivity contribution is -0.143. The first-order valence-electron chi connectivity index (χ1n) is 12.3. The average Bonchev–Trinajstić information content (AvgIpc) is 3.14. The Labute approximate surface area is 204 Å². The maximum absolute atomic E-state index is 12.2. The molecule has 0 aliphatic heterocycles. The number of rotatable bonds is 6. The van der Waals surface area contributed by atoms with Gasteiger partial charge in [-0.25, -0.2) is 14.8 Å². The SMILES string of the molecule is CCOC(=O)C[C@H]1CCCc2sc3ncnc(O[C@H]4CC[C@H](NC(=O)OC(C)(C)C)CC4)c3c21. The Morgan fingerprint density at radius 2 is 1.91 bits per heavy atom. The number of alkyl carbamates (subject to hydrolysis) is 1. The summed E-state index contributed by atoms with van der Waals surface area (Å²) in [6.07, 6.45) is 7.90. The first-order chi connectivity index (χ1) is 16.2. The van der Waals surface area contributed by atoms with Crippen molar-refractivity contribution in [3.05, 3.63) is 16.8 Å². The van der Waals surface area contributed by atoms with Gasteiger partial charge in [0.25, 0.3) is 0 Å². The van der Waals surface area contributed by atoms with Crippen molar-refractivity contribution in [1.29, 1.82) is 0 Å². The number of amides is 1. The molecule has 2 heterocycles. The summed E-state index contributed by atoms with van der Waals surface area (Å²) in [5.74, 6) is 0.565. The third-order valence-electron chi connectivity index (χ3n) is 6.32. The minimum absolute atomic E-state index is 0.0254. The normalized spacial score (nSPS) is 22.6. The fraction of sp³-hybridized carbons (Fsp3) is 0.680. The molecule has 34 heavy (non-hydrogen) atoms. The van der Waals surface area contributed by atoms with Gasteiger partial charge < -0.3 is 19.5 Å². The Bertz CT molecular complexity index is 1020. The second-order valence-corrected chi connectivity index (χ2v) is 11.2. The number of esters is 1. The summed E-state index contributed by atoms with van der Waals surface area (Å²) in [6.45, 7) is 7.81. The zero-order valence-electron chi connectivity index (χ0n) is 20.5. The van der Waals surface area contributed by atoms with E-state index in [0.717, 1.165) is 55.2 Å². The summed E-state index contributed by atoms with van der Waals surface area (Å²) < 4.78 is 17.0. The zero-order valence-corrected chi connectivity index (χ0v) is 21.3. The van der Waals surface area contributed by atoms with E-state index in [4.69, 9.17) is 14.2 Å². The van der Waals surface area contributed by atoms with Gasteiger partial charge in [0.05, 0.1) is 18.4 Å². The average molecular weight is 490 g/mol. The predicted molar refractivity (Wildman–Crippen MR) is 130 cm³/mol. The van der Waals surface area contributed by atoms with Crippen molar-refractivity contribution in [3.8, 4) is 5.88 Å². The van der Waals surface area contributed by atoms with Crippen molar-refractivity contribution < 1.29 is 23.8 Å². The molecule has 2 aliphatic carbocycles. The summed E-state index contributed by atoms with van der Waals surface area (Å²) in [4.78, 5) is 35.6. The fourth-order valence-electron chi connectivity index (χ4n) is 4.92. The van der Waals surface area contributed by atoms with Crippen LogP contribution >= 0.6 is 11.3 Å². The lowest BCUT2D eigenvalue weighted by Crippen LogP contribution is -2.42. The van der Waals surface area contributed by atoms with Crippen LogP contribution in [-0.2, 0) is 20.7 Å². The van der Waals surface area contributed by atoms with Gasteiger partial charge in [0.2, 0.25) is 5.88 Å². The number of carbonyl (C=O) groups excluding carboxylic acids is 2. The van der Waals surface area contributed by atoms with E-state index in [2.05, 4.69) is 15.3 Å². The number of nitrogens with one attached hydrogen (secondary N) is 1. The molecule has 0 spiro atoms. The molecule has 0 bridgehead atoms. The van der Waals surface area contributed by atoms with Crippen LogP contribution in [0.5, 0.6) is 5.88 Å². The standard InChI is InChI=1S/C25H35N3O5S/c1-5-31-19(29)13-15-7-6-8-18-20(15)21-22(26-14-27-23(21)34-18)32-17-11-9-16(10-12-17)28-24(30)33-25(2,3)4/h14-17H,5-13H2,1-4H3,(H,28,30)/t15-,16-,17-/m1/s1. The molecular formula is C25H35N3O5S. The Morgan fingerprint density at radius 3 is 2.62 bits per heavy atom. The summed E-state index contributed by atoms with van der Waals surface area (Å²) >= 11 is 1.69. The van der Waals surface area contributed by atoms with E-state index in [1.807, 2.05) is 27.7 Å². The summed E-state index contributed by atoms with van der Waals surface area (Å²) in [5.41, 5.74) is 0.670. The van der Waals surface area contributed by atoms with Crippen LogP contribution in [0.15, 0.2) is 6.33 Å². The van der Waals surface area contributed by atoms with Gasteiger partial charge in [-0.05, 0) is 84.1 Å². The molecule has 1 N–H and O–H groups in total. The van der Waals surface area contributed by atoms with Gasteiger partial charge in [-0.2, -0.15) is 0 Å². The fourth-order valence-corrected chi connectivity index (χ4v) is 6.17. The zero-order chi connectivity index (χ0) is 24.3.